The number of benzene rings is 1. The summed E-state index contributed by atoms with van der Waals surface area (Å²) in [6.07, 6.45) is 0. The molecule has 0 unspecified atom stereocenters. The second-order valence-electron chi connectivity index (χ2n) is 6.57. The Morgan fingerprint density at radius 2 is 1.82 bits per heavy atom. The highest BCUT2D eigenvalue weighted by molar-refractivity contribution is 7.89. The number of sulfonamides is 1. The number of piperazine rings is 1. The maximum atomic E-state index is 13.0. The summed E-state index contributed by atoms with van der Waals surface area (Å²) >= 11 is 0. The van der Waals surface area contributed by atoms with Crippen LogP contribution in [0.25, 0.3) is 0 Å². The number of nitriles is 1. The first-order chi connectivity index (χ1) is 13.2. The topological polar surface area (TPSA) is 120 Å². The number of hydrogen-bond donors (Lipinski definition) is 0. The highest BCUT2D eigenvalue weighted by Gasteiger charge is 2.30. The largest absolute Gasteiger partial charge is 0.354 e. The van der Waals surface area contributed by atoms with Crippen LogP contribution in [0.5, 0.6) is 0 Å². The molecule has 0 amide bonds. The highest BCUT2D eigenvalue weighted by Crippen LogP contribution is 2.25. The van der Waals surface area contributed by atoms with Crippen LogP contribution < -0.4 is 4.90 Å². The van der Waals surface area contributed by atoms with E-state index in [1.807, 2.05) is 17.9 Å². The van der Waals surface area contributed by atoms with Gasteiger partial charge in [0, 0.05) is 32.2 Å². The monoisotopic (exact) mass is 401 g/mol. The lowest BCUT2D eigenvalue weighted by molar-refractivity contribution is -0.385. The first-order valence-corrected chi connectivity index (χ1v) is 10.1. The first kappa shape index (κ1) is 19.7. The SMILES string of the molecule is Cc1ccc(C)c(S(=O)(=O)N2CCN(c3ccc([N+](=O)[O-])c(C#N)n3)CC2)c1. The second kappa shape index (κ2) is 7.53. The molecule has 1 aliphatic heterocycles. The zero-order valence-corrected chi connectivity index (χ0v) is 16.3. The maximum absolute atomic E-state index is 13.0. The molecule has 146 valence electrons. The summed E-state index contributed by atoms with van der Waals surface area (Å²) in [4.78, 5) is 16.5. The zero-order valence-electron chi connectivity index (χ0n) is 15.5. The molecule has 2 heterocycles. The summed E-state index contributed by atoms with van der Waals surface area (Å²) < 4.78 is 27.4. The molecule has 0 atom stereocenters. The van der Waals surface area contributed by atoms with E-state index in [0.29, 0.717) is 29.4 Å². The van der Waals surface area contributed by atoms with Crippen LogP contribution in [0.4, 0.5) is 11.5 Å². The normalized spacial score (nSPS) is 15.2. The van der Waals surface area contributed by atoms with Gasteiger partial charge in [-0.3, -0.25) is 10.1 Å². The smallest absolute Gasteiger partial charge is 0.305 e. The predicted molar refractivity (Wildman–Crippen MR) is 102 cm³/mol. The molecular weight excluding hydrogens is 382 g/mol. The molecule has 0 aliphatic carbocycles. The highest BCUT2D eigenvalue weighted by atomic mass is 32.2. The van der Waals surface area contributed by atoms with E-state index in [0.717, 1.165) is 5.56 Å². The lowest BCUT2D eigenvalue weighted by Gasteiger charge is -2.35. The third kappa shape index (κ3) is 3.67. The number of pyridine rings is 1. The number of nitro groups is 1. The van der Waals surface area contributed by atoms with Gasteiger partial charge in [0.15, 0.2) is 0 Å². The molecule has 1 aliphatic rings. The van der Waals surface area contributed by atoms with Crippen LogP contribution in [0.3, 0.4) is 0 Å². The summed E-state index contributed by atoms with van der Waals surface area (Å²) in [5.41, 5.74) is 0.973. The fourth-order valence-electron chi connectivity index (χ4n) is 3.13. The van der Waals surface area contributed by atoms with Gasteiger partial charge in [0.25, 0.3) is 0 Å². The Kier molecular flexibility index (Phi) is 5.31. The number of rotatable bonds is 4. The summed E-state index contributed by atoms with van der Waals surface area (Å²) in [5.74, 6) is 0.422. The van der Waals surface area contributed by atoms with Gasteiger partial charge in [-0.05, 0) is 37.1 Å². The molecule has 28 heavy (non-hydrogen) atoms. The van der Waals surface area contributed by atoms with Crippen LogP contribution in [0.15, 0.2) is 35.2 Å². The molecule has 0 radical (unpaired) electrons. The summed E-state index contributed by atoms with van der Waals surface area (Å²) in [5, 5.41) is 20.0. The average Bonchev–Trinajstić information content (AvgIpc) is 2.69. The van der Waals surface area contributed by atoms with Gasteiger partial charge in [-0.25, -0.2) is 13.4 Å². The molecule has 0 saturated carbocycles. The third-order valence-corrected chi connectivity index (χ3v) is 6.73. The molecule has 1 fully saturated rings. The van der Waals surface area contributed by atoms with Crippen molar-refractivity contribution in [1.82, 2.24) is 9.29 Å². The zero-order chi connectivity index (χ0) is 20.5. The minimum atomic E-state index is -3.61. The summed E-state index contributed by atoms with van der Waals surface area (Å²) in [7, 11) is -3.61. The van der Waals surface area contributed by atoms with Crippen molar-refractivity contribution in [3.05, 3.63) is 57.3 Å². The fraction of sp³-hybridized carbons (Fsp3) is 0.333. The minimum Gasteiger partial charge on any atom is -0.354 e. The number of hydrogen-bond acceptors (Lipinski definition) is 7. The molecule has 1 saturated heterocycles. The van der Waals surface area contributed by atoms with Gasteiger partial charge in [-0.1, -0.05) is 12.1 Å². The number of aromatic nitrogens is 1. The Bertz CT molecular complexity index is 1070. The van der Waals surface area contributed by atoms with E-state index in [1.54, 1.807) is 25.1 Å². The van der Waals surface area contributed by atoms with E-state index < -0.39 is 14.9 Å². The van der Waals surface area contributed by atoms with Gasteiger partial charge in [0.1, 0.15) is 11.9 Å². The van der Waals surface area contributed by atoms with Gasteiger partial charge in [0.2, 0.25) is 15.7 Å². The van der Waals surface area contributed by atoms with Crippen LogP contribution in [-0.2, 0) is 10.0 Å². The molecule has 0 N–H and O–H groups in total. The number of aryl methyl sites for hydroxylation is 2. The molecule has 1 aromatic carbocycles. The third-order valence-electron chi connectivity index (χ3n) is 4.69. The van der Waals surface area contributed by atoms with Crippen molar-refractivity contribution in [3.8, 4) is 6.07 Å². The van der Waals surface area contributed by atoms with E-state index in [2.05, 4.69) is 4.98 Å². The van der Waals surface area contributed by atoms with Crippen molar-refractivity contribution in [2.24, 2.45) is 0 Å². The summed E-state index contributed by atoms with van der Waals surface area (Å²) in [6.45, 7) is 4.89. The van der Waals surface area contributed by atoms with E-state index in [9.17, 15) is 18.5 Å². The molecule has 9 nitrogen and oxygen atoms in total. The lowest BCUT2D eigenvalue weighted by Crippen LogP contribution is -2.49. The Hall–Kier alpha value is -3.03. The van der Waals surface area contributed by atoms with Crippen LogP contribution in [0.1, 0.15) is 16.8 Å². The van der Waals surface area contributed by atoms with Gasteiger partial charge in [-0.15, -0.1) is 0 Å². The van der Waals surface area contributed by atoms with Gasteiger partial charge in [0.05, 0.1) is 9.82 Å². The molecule has 0 spiro atoms. The van der Waals surface area contributed by atoms with Crippen LogP contribution in [0, 0.1) is 35.3 Å². The molecule has 2 aromatic rings. The van der Waals surface area contributed by atoms with Crippen LogP contribution >= 0.6 is 0 Å². The molecule has 0 bridgehead atoms. The number of anilines is 1. The van der Waals surface area contributed by atoms with Crippen molar-refractivity contribution >= 4 is 21.5 Å². The van der Waals surface area contributed by atoms with Crippen molar-refractivity contribution < 1.29 is 13.3 Å². The quantitative estimate of drug-likeness (QED) is 0.567. The van der Waals surface area contributed by atoms with Crippen LogP contribution in [0.2, 0.25) is 0 Å². The Morgan fingerprint density at radius 3 is 2.43 bits per heavy atom. The second-order valence-corrected chi connectivity index (χ2v) is 8.47. The van der Waals surface area contributed by atoms with E-state index in [4.69, 9.17) is 5.26 Å². The lowest BCUT2D eigenvalue weighted by atomic mass is 10.2. The minimum absolute atomic E-state index is 0.257. The molecule has 10 heteroatoms. The van der Waals surface area contributed by atoms with E-state index in [-0.39, 0.29) is 24.5 Å². The van der Waals surface area contributed by atoms with Crippen molar-refractivity contribution in [2.75, 3.05) is 31.1 Å². The standard InChI is InChI=1S/C18H19N5O4S/c1-13-3-4-14(2)17(11-13)28(26,27)22-9-7-21(8-10-22)18-6-5-16(23(24)25)15(12-19)20-18/h3-6,11H,7-10H2,1-2H3. The molecule has 1 aromatic heterocycles. The van der Waals surface area contributed by atoms with E-state index in [1.165, 1.54) is 16.4 Å². The predicted octanol–water partition coefficient (Wildman–Crippen LogP) is 1.99. The van der Waals surface area contributed by atoms with Gasteiger partial charge >= 0.3 is 5.69 Å². The van der Waals surface area contributed by atoms with Gasteiger partial charge < -0.3 is 4.90 Å². The van der Waals surface area contributed by atoms with Crippen LogP contribution in [-0.4, -0.2) is 48.8 Å². The molecular formula is C18H19N5O4S. The van der Waals surface area contributed by atoms with E-state index >= 15 is 0 Å². The van der Waals surface area contributed by atoms with Gasteiger partial charge in [-0.2, -0.15) is 9.57 Å². The fourth-order valence-corrected chi connectivity index (χ4v) is 4.86. The Morgan fingerprint density at radius 1 is 1.14 bits per heavy atom. The Balaban J connectivity index is 1.79. The Labute approximate surface area is 163 Å². The maximum Gasteiger partial charge on any atom is 0.305 e. The average molecular weight is 401 g/mol. The van der Waals surface area contributed by atoms with Crippen molar-refractivity contribution in [2.45, 2.75) is 18.7 Å². The van der Waals surface area contributed by atoms with Crippen molar-refractivity contribution in [1.29, 1.82) is 5.26 Å². The summed E-state index contributed by atoms with van der Waals surface area (Å²) in [6, 6.07) is 9.81. The molecule has 3 rings (SSSR count). The van der Waals surface area contributed by atoms with Crippen molar-refractivity contribution in [3.63, 3.8) is 0 Å². The first-order valence-electron chi connectivity index (χ1n) is 8.62. The number of nitrogens with zero attached hydrogens (tertiary/aromatic N) is 5.